The normalized spacial score (nSPS) is 10.3. The van der Waals surface area contributed by atoms with E-state index in [2.05, 4.69) is 5.32 Å². The van der Waals surface area contributed by atoms with E-state index in [4.69, 9.17) is 17.3 Å². The molecule has 0 saturated heterocycles. The molecule has 0 unspecified atom stereocenters. The van der Waals surface area contributed by atoms with Gasteiger partial charge in [-0.2, -0.15) is 0 Å². The third-order valence-corrected chi connectivity index (χ3v) is 2.59. The summed E-state index contributed by atoms with van der Waals surface area (Å²) in [6, 6.07) is 8.51. The van der Waals surface area contributed by atoms with Crippen molar-refractivity contribution in [2.45, 2.75) is 0 Å². The lowest BCUT2D eigenvalue weighted by Crippen LogP contribution is -2.00. The monoisotopic (exact) mass is 254 g/mol. The van der Waals surface area contributed by atoms with Gasteiger partial charge in [0.15, 0.2) is 0 Å². The molecule has 0 atom stereocenters. The smallest absolute Gasteiger partial charge is 0.148 e. The number of para-hydroxylation sites is 2. The molecule has 0 saturated carbocycles. The molecular weight excluding hydrogens is 246 g/mol. The van der Waals surface area contributed by atoms with Crippen molar-refractivity contribution < 1.29 is 8.78 Å². The van der Waals surface area contributed by atoms with Crippen molar-refractivity contribution in [3.05, 3.63) is 53.1 Å². The highest BCUT2D eigenvalue weighted by atomic mass is 35.5. The number of nitrogens with two attached hydrogens (primary N) is 1. The fraction of sp³-hybridized carbons (Fsp3) is 0. The molecular formula is C12H9ClF2N2. The van der Waals surface area contributed by atoms with E-state index in [9.17, 15) is 8.78 Å². The number of nitrogen functional groups attached to an aromatic ring is 1. The van der Waals surface area contributed by atoms with Gasteiger partial charge >= 0.3 is 0 Å². The zero-order valence-electron chi connectivity index (χ0n) is 8.68. The third kappa shape index (κ3) is 2.31. The summed E-state index contributed by atoms with van der Waals surface area (Å²) >= 11 is 5.83. The van der Waals surface area contributed by atoms with Crippen LogP contribution < -0.4 is 11.1 Å². The highest BCUT2D eigenvalue weighted by Crippen LogP contribution is 2.31. The van der Waals surface area contributed by atoms with Crippen LogP contribution in [0.4, 0.5) is 25.8 Å². The number of benzene rings is 2. The van der Waals surface area contributed by atoms with Crippen LogP contribution in [0.3, 0.4) is 0 Å². The molecule has 0 heterocycles. The lowest BCUT2D eigenvalue weighted by molar-refractivity contribution is 0.630. The maximum absolute atomic E-state index is 13.5. The third-order valence-electron chi connectivity index (χ3n) is 2.28. The van der Waals surface area contributed by atoms with Gasteiger partial charge in [0.25, 0.3) is 0 Å². The van der Waals surface area contributed by atoms with E-state index in [0.717, 1.165) is 0 Å². The summed E-state index contributed by atoms with van der Waals surface area (Å²) in [5, 5.41) is 2.88. The molecule has 0 aromatic heterocycles. The molecule has 3 N–H and O–H groups in total. The van der Waals surface area contributed by atoms with Crippen molar-refractivity contribution in [3.8, 4) is 0 Å². The predicted octanol–water partition coefficient (Wildman–Crippen LogP) is 3.94. The first kappa shape index (κ1) is 11.7. The topological polar surface area (TPSA) is 38.0 Å². The van der Waals surface area contributed by atoms with Gasteiger partial charge in [-0.25, -0.2) is 8.78 Å². The summed E-state index contributed by atoms with van der Waals surface area (Å²) in [6.45, 7) is 0. The van der Waals surface area contributed by atoms with Gasteiger partial charge in [-0.3, -0.25) is 0 Å². The van der Waals surface area contributed by atoms with E-state index >= 15 is 0 Å². The summed E-state index contributed by atoms with van der Waals surface area (Å²) in [4.78, 5) is 0. The Labute approximate surface area is 102 Å². The average Bonchev–Trinajstić information content (AvgIpc) is 2.29. The van der Waals surface area contributed by atoms with E-state index in [0.29, 0.717) is 0 Å². The number of hydrogen-bond acceptors (Lipinski definition) is 2. The quantitative estimate of drug-likeness (QED) is 0.797. The van der Waals surface area contributed by atoms with Crippen LogP contribution in [0.25, 0.3) is 0 Å². The molecule has 0 amide bonds. The largest absolute Gasteiger partial charge is 0.395 e. The molecule has 0 fully saturated rings. The second-order valence-electron chi connectivity index (χ2n) is 3.42. The molecule has 88 valence electrons. The maximum atomic E-state index is 13.5. The Kier molecular flexibility index (Phi) is 3.15. The molecule has 0 aliphatic rings. The lowest BCUT2D eigenvalue weighted by Gasteiger charge is -2.11. The number of halogens is 3. The van der Waals surface area contributed by atoms with Crippen molar-refractivity contribution in [2.75, 3.05) is 11.1 Å². The van der Waals surface area contributed by atoms with E-state index in [1.807, 2.05) is 0 Å². The van der Waals surface area contributed by atoms with Gasteiger partial charge in [0.1, 0.15) is 11.6 Å². The predicted molar refractivity (Wildman–Crippen MR) is 65.5 cm³/mol. The molecule has 5 heteroatoms. The number of anilines is 3. The minimum absolute atomic E-state index is 0.0754. The van der Waals surface area contributed by atoms with Crippen molar-refractivity contribution in [3.63, 3.8) is 0 Å². The van der Waals surface area contributed by atoms with E-state index in [-0.39, 0.29) is 22.1 Å². The molecule has 0 bridgehead atoms. The Morgan fingerprint density at radius 1 is 1.00 bits per heavy atom. The molecule has 2 nitrogen and oxygen atoms in total. The van der Waals surface area contributed by atoms with E-state index in [1.54, 1.807) is 6.07 Å². The van der Waals surface area contributed by atoms with Crippen LogP contribution in [0.5, 0.6) is 0 Å². The molecule has 0 aliphatic carbocycles. The summed E-state index contributed by atoms with van der Waals surface area (Å²) in [5.74, 6) is -1.09. The molecule has 0 aliphatic heterocycles. The Morgan fingerprint density at radius 3 is 2.35 bits per heavy atom. The van der Waals surface area contributed by atoms with Crippen LogP contribution in [-0.2, 0) is 0 Å². The fourth-order valence-electron chi connectivity index (χ4n) is 1.40. The van der Waals surface area contributed by atoms with E-state index in [1.165, 1.54) is 30.3 Å². The SMILES string of the molecule is Nc1c(F)cccc1Nc1c(F)cccc1Cl. The minimum Gasteiger partial charge on any atom is -0.395 e. The maximum Gasteiger partial charge on any atom is 0.148 e. The lowest BCUT2D eigenvalue weighted by atomic mass is 10.2. The Balaban J connectivity index is 2.42. The summed E-state index contributed by atoms with van der Waals surface area (Å²) < 4.78 is 26.7. The van der Waals surface area contributed by atoms with Gasteiger partial charge in [-0.1, -0.05) is 23.7 Å². The number of rotatable bonds is 2. The Bertz CT molecular complexity index is 538. The molecule has 0 radical (unpaired) electrons. The second-order valence-corrected chi connectivity index (χ2v) is 3.83. The Hall–Kier alpha value is -1.81. The van der Waals surface area contributed by atoms with Gasteiger partial charge in [0, 0.05) is 0 Å². The summed E-state index contributed by atoms with van der Waals surface area (Å²) in [6.07, 6.45) is 0. The number of hydrogen-bond donors (Lipinski definition) is 2. The van der Waals surface area contributed by atoms with Gasteiger partial charge in [-0.05, 0) is 24.3 Å². The standard InChI is InChI=1S/C12H9ClF2N2/c13-7-3-1-5-9(15)12(7)17-10-6-2-4-8(14)11(10)16/h1-6,17H,16H2. The summed E-state index contributed by atoms with van der Waals surface area (Å²) in [5.41, 5.74) is 5.80. The minimum atomic E-state index is -0.567. The van der Waals surface area contributed by atoms with Crippen LogP contribution in [-0.4, -0.2) is 0 Å². The zero-order valence-corrected chi connectivity index (χ0v) is 9.43. The molecule has 0 spiro atoms. The van der Waals surface area contributed by atoms with Crippen molar-refractivity contribution in [1.82, 2.24) is 0 Å². The Morgan fingerprint density at radius 2 is 1.65 bits per heavy atom. The molecule has 2 rings (SSSR count). The first-order valence-electron chi connectivity index (χ1n) is 4.84. The summed E-state index contributed by atoms with van der Waals surface area (Å²) in [7, 11) is 0. The van der Waals surface area contributed by atoms with Crippen molar-refractivity contribution >= 4 is 28.7 Å². The van der Waals surface area contributed by atoms with Crippen molar-refractivity contribution in [1.29, 1.82) is 0 Å². The van der Waals surface area contributed by atoms with Crippen LogP contribution >= 0.6 is 11.6 Å². The first-order valence-corrected chi connectivity index (χ1v) is 5.22. The van der Waals surface area contributed by atoms with Crippen LogP contribution in [0, 0.1) is 11.6 Å². The van der Waals surface area contributed by atoms with Gasteiger partial charge < -0.3 is 11.1 Å². The molecule has 2 aromatic carbocycles. The number of nitrogens with one attached hydrogen (secondary N) is 1. The highest BCUT2D eigenvalue weighted by Gasteiger charge is 2.10. The zero-order chi connectivity index (χ0) is 12.4. The van der Waals surface area contributed by atoms with Crippen LogP contribution in [0.2, 0.25) is 5.02 Å². The van der Waals surface area contributed by atoms with Gasteiger partial charge in [-0.15, -0.1) is 0 Å². The van der Waals surface area contributed by atoms with Gasteiger partial charge in [0.2, 0.25) is 0 Å². The molecule has 2 aromatic rings. The van der Waals surface area contributed by atoms with Crippen LogP contribution in [0.1, 0.15) is 0 Å². The van der Waals surface area contributed by atoms with Crippen LogP contribution in [0.15, 0.2) is 36.4 Å². The molecule has 17 heavy (non-hydrogen) atoms. The average molecular weight is 255 g/mol. The highest BCUT2D eigenvalue weighted by molar-refractivity contribution is 6.33. The van der Waals surface area contributed by atoms with E-state index < -0.39 is 11.6 Å². The van der Waals surface area contributed by atoms with Crippen molar-refractivity contribution in [2.24, 2.45) is 0 Å². The first-order chi connectivity index (χ1) is 8.09. The fourth-order valence-corrected chi connectivity index (χ4v) is 1.61. The van der Waals surface area contributed by atoms with Gasteiger partial charge in [0.05, 0.1) is 22.1 Å². The second kappa shape index (κ2) is 4.59.